The summed E-state index contributed by atoms with van der Waals surface area (Å²) in [7, 11) is 0. The smallest absolute Gasteiger partial charge is 0.256 e. The van der Waals surface area contributed by atoms with Gasteiger partial charge in [0, 0.05) is 18.6 Å². The average molecular weight is 222 g/mol. The van der Waals surface area contributed by atoms with Crippen LogP contribution < -0.4 is 5.56 Å². The molecule has 3 nitrogen and oxygen atoms in total. The van der Waals surface area contributed by atoms with Crippen molar-refractivity contribution in [3.8, 4) is 11.1 Å². The maximum absolute atomic E-state index is 11.9. The number of pyridine rings is 2. The molecular weight excluding hydrogens is 212 g/mol. The molecule has 3 rings (SSSR count). The molecule has 0 fully saturated rings. The van der Waals surface area contributed by atoms with Crippen LogP contribution in [-0.2, 0) is 0 Å². The summed E-state index contributed by atoms with van der Waals surface area (Å²) in [5, 5.41) is 1.67. The van der Waals surface area contributed by atoms with Crippen LogP contribution in [0.3, 0.4) is 0 Å². The van der Waals surface area contributed by atoms with Gasteiger partial charge in [-0.1, -0.05) is 18.2 Å². The monoisotopic (exact) mass is 222 g/mol. The third-order valence-electron chi connectivity index (χ3n) is 2.79. The minimum absolute atomic E-state index is 0.0603. The molecule has 1 N–H and O–H groups in total. The Morgan fingerprint density at radius 3 is 2.65 bits per heavy atom. The number of fused-ring (bicyclic) bond motifs is 1. The van der Waals surface area contributed by atoms with Gasteiger partial charge in [0.2, 0.25) is 0 Å². The van der Waals surface area contributed by atoms with Gasteiger partial charge in [-0.15, -0.1) is 0 Å². The quantitative estimate of drug-likeness (QED) is 0.687. The molecule has 0 bridgehead atoms. The molecule has 0 aliphatic rings. The minimum atomic E-state index is -0.0603. The summed E-state index contributed by atoms with van der Waals surface area (Å²) < 4.78 is 0. The Balaban J connectivity index is 2.42. The highest BCUT2D eigenvalue weighted by molar-refractivity contribution is 5.95. The van der Waals surface area contributed by atoms with Crippen LogP contribution >= 0.6 is 0 Å². The molecule has 17 heavy (non-hydrogen) atoms. The fraction of sp³-hybridized carbons (Fsp3) is 0. The van der Waals surface area contributed by atoms with E-state index in [0.717, 1.165) is 21.9 Å². The highest BCUT2D eigenvalue weighted by atomic mass is 16.1. The van der Waals surface area contributed by atoms with Crippen molar-refractivity contribution in [1.29, 1.82) is 0 Å². The SMILES string of the molecule is O=c1[nH]ccc2cccc(-c3ccncc3)c12. The lowest BCUT2D eigenvalue weighted by Crippen LogP contribution is -2.05. The summed E-state index contributed by atoms with van der Waals surface area (Å²) >= 11 is 0. The molecule has 0 spiro atoms. The number of hydrogen-bond donors (Lipinski definition) is 1. The Kier molecular flexibility index (Phi) is 2.22. The first-order valence-corrected chi connectivity index (χ1v) is 5.37. The van der Waals surface area contributed by atoms with E-state index >= 15 is 0 Å². The first-order chi connectivity index (χ1) is 8.36. The predicted molar refractivity (Wildman–Crippen MR) is 67.8 cm³/mol. The van der Waals surface area contributed by atoms with Gasteiger partial charge in [0.1, 0.15) is 0 Å². The highest BCUT2D eigenvalue weighted by Gasteiger charge is 2.05. The van der Waals surface area contributed by atoms with Gasteiger partial charge < -0.3 is 4.98 Å². The maximum Gasteiger partial charge on any atom is 0.256 e. The van der Waals surface area contributed by atoms with Crippen molar-refractivity contribution in [2.45, 2.75) is 0 Å². The van der Waals surface area contributed by atoms with Gasteiger partial charge in [-0.05, 0) is 34.7 Å². The Labute approximate surface area is 97.8 Å². The van der Waals surface area contributed by atoms with Gasteiger partial charge in [-0.25, -0.2) is 0 Å². The van der Waals surface area contributed by atoms with Gasteiger partial charge >= 0.3 is 0 Å². The largest absolute Gasteiger partial charge is 0.329 e. The number of rotatable bonds is 1. The van der Waals surface area contributed by atoms with E-state index in [-0.39, 0.29) is 5.56 Å². The molecule has 0 aliphatic heterocycles. The van der Waals surface area contributed by atoms with Crippen molar-refractivity contribution in [1.82, 2.24) is 9.97 Å². The first-order valence-electron chi connectivity index (χ1n) is 5.37. The zero-order valence-corrected chi connectivity index (χ0v) is 9.05. The molecule has 0 unspecified atom stereocenters. The summed E-state index contributed by atoms with van der Waals surface area (Å²) in [5.74, 6) is 0. The number of hydrogen-bond acceptors (Lipinski definition) is 2. The van der Waals surface area contributed by atoms with Gasteiger partial charge in [0.15, 0.2) is 0 Å². The fourth-order valence-electron chi connectivity index (χ4n) is 2.01. The third-order valence-corrected chi connectivity index (χ3v) is 2.79. The zero-order chi connectivity index (χ0) is 11.7. The summed E-state index contributed by atoms with van der Waals surface area (Å²) in [6.45, 7) is 0. The molecular formula is C14H10N2O. The molecule has 1 aromatic carbocycles. The summed E-state index contributed by atoms with van der Waals surface area (Å²) in [4.78, 5) is 18.6. The van der Waals surface area contributed by atoms with Crippen LogP contribution in [0.5, 0.6) is 0 Å². The van der Waals surface area contributed by atoms with E-state index in [1.807, 2.05) is 36.4 Å². The Bertz CT molecular complexity index is 712. The fourth-order valence-corrected chi connectivity index (χ4v) is 2.01. The van der Waals surface area contributed by atoms with E-state index in [9.17, 15) is 4.79 Å². The predicted octanol–water partition coefficient (Wildman–Crippen LogP) is 2.59. The molecule has 0 saturated heterocycles. The van der Waals surface area contributed by atoms with Crippen LogP contribution in [0.2, 0.25) is 0 Å². The number of aromatic amines is 1. The van der Waals surface area contributed by atoms with Gasteiger partial charge in [0.25, 0.3) is 5.56 Å². The van der Waals surface area contributed by atoms with Crippen molar-refractivity contribution >= 4 is 10.8 Å². The van der Waals surface area contributed by atoms with Crippen LogP contribution in [-0.4, -0.2) is 9.97 Å². The van der Waals surface area contributed by atoms with Gasteiger partial charge in [-0.3, -0.25) is 9.78 Å². The van der Waals surface area contributed by atoms with Gasteiger partial charge in [-0.2, -0.15) is 0 Å². The molecule has 0 saturated carbocycles. The van der Waals surface area contributed by atoms with E-state index in [1.165, 1.54) is 0 Å². The van der Waals surface area contributed by atoms with Crippen LogP contribution in [0, 0.1) is 0 Å². The van der Waals surface area contributed by atoms with Crippen molar-refractivity contribution in [2.75, 3.05) is 0 Å². The van der Waals surface area contributed by atoms with Crippen molar-refractivity contribution in [2.24, 2.45) is 0 Å². The average Bonchev–Trinajstić information content (AvgIpc) is 2.39. The molecule has 2 heterocycles. The minimum Gasteiger partial charge on any atom is -0.329 e. The number of benzene rings is 1. The molecule has 3 heteroatoms. The van der Waals surface area contributed by atoms with Crippen LogP contribution in [0.25, 0.3) is 21.9 Å². The number of H-pyrrole nitrogens is 1. The van der Waals surface area contributed by atoms with E-state index in [1.54, 1.807) is 18.6 Å². The summed E-state index contributed by atoms with van der Waals surface area (Å²) in [6, 6.07) is 11.6. The lowest BCUT2D eigenvalue weighted by molar-refractivity contribution is 1.28. The Morgan fingerprint density at radius 1 is 1.00 bits per heavy atom. The van der Waals surface area contributed by atoms with Crippen molar-refractivity contribution in [3.05, 3.63) is 65.3 Å². The standard InChI is InChI=1S/C14H10N2O/c17-14-13-11(6-9-16-14)2-1-3-12(13)10-4-7-15-8-5-10/h1-9H,(H,16,17). The molecule has 2 aromatic heterocycles. The highest BCUT2D eigenvalue weighted by Crippen LogP contribution is 2.24. The molecule has 0 atom stereocenters. The van der Waals surface area contributed by atoms with E-state index < -0.39 is 0 Å². The molecule has 0 radical (unpaired) electrons. The zero-order valence-electron chi connectivity index (χ0n) is 9.05. The normalized spacial score (nSPS) is 10.6. The van der Waals surface area contributed by atoms with Crippen molar-refractivity contribution < 1.29 is 0 Å². The number of nitrogens with zero attached hydrogens (tertiary/aromatic N) is 1. The second-order valence-electron chi connectivity index (χ2n) is 3.81. The van der Waals surface area contributed by atoms with Gasteiger partial charge in [0.05, 0.1) is 5.39 Å². The summed E-state index contributed by atoms with van der Waals surface area (Å²) in [5.41, 5.74) is 1.88. The van der Waals surface area contributed by atoms with Crippen LogP contribution in [0.4, 0.5) is 0 Å². The Hall–Kier alpha value is -2.42. The number of aromatic nitrogens is 2. The second-order valence-corrected chi connectivity index (χ2v) is 3.81. The summed E-state index contributed by atoms with van der Waals surface area (Å²) in [6.07, 6.45) is 5.12. The lowest BCUT2D eigenvalue weighted by Gasteiger charge is -2.05. The molecule has 82 valence electrons. The van der Waals surface area contributed by atoms with Crippen molar-refractivity contribution in [3.63, 3.8) is 0 Å². The van der Waals surface area contributed by atoms with E-state index in [0.29, 0.717) is 0 Å². The number of nitrogens with one attached hydrogen (secondary N) is 1. The Morgan fingerprint density at radius 2 is 1.82 bits per heavy atom. The first kappa shape index (κ1) is 9.78. The molecule has 0 aliphatic carbocycles. The molecule has 0 amide bonds. The maximum atomic E-state index is 11.9. The van der Waals surface area contributed by atoms with E-state index in [2.05, 4.69) is 9.97 Å². The molecule has 3 aromatic rings. The second kappa shape index (κ2) is 3.87. The third kappa shape index (κ3) is 1.61. The van der Waals surface area contributed by atoms with E-state index in [4.69, 9.17) is 0 Å². The topological polar surface area (TPSA) is 45.8 Å². The lowest BCUT2D eigenvalue weighted by atomic mass is 10.0. The van der Waals surface area contributed by atoms with Crippen LogP contribution in [0.1, 0.15) is 0 Å². The van der Waals surface area contributed by atoms with Crippen LogP contribution in [0.15, 0.2) is 59.8 Å².